The number of nitrogens with one attached hydrogen (secondary N) is 1. The highest BCUT2D eigenvalue weighted by Gasteiger charge is 2.74. The molecule has 29 heavy (non-hydrogen) atoms. The molecule has 0 saturated carbocycles. The molecule has 4 atom stereocenters. The van der Waals surface area contributed by atoms with Crippen LogP contribution in [0.3, 0.4) is 0 Å². The maximum Gasteiger partial charge on any atom is 0.291 e. The Morgan fingerprint density at radius 3 is 2.66 bits per heavy atom. The number of carbonyl (C=O) groups is 4. The van der Waals surface area contributed by atoms with Gasteiger partial charge in [0.25, 0.3) is 5.91 Å². The normalized spacial score (nSPS) is 30.1. The Bertz CT molecular complexity index is 945. The van der Waals surface area contributed by atoms with Gasteiger partial charge in [0.2, 0.25) is 23.3 Å². The van der Waals surface area contributed by atoms with Gasteiger partial charge in [-0.1, -0.05) is 11.6 Å². The van der Waals surface area contributed by atoms with Crippen molar-refractivity contribution in [2.24, 2.45) is 17.6 Å². The number of rotatable bonds is 5. The number of imide groups is 1. The maximum atomic E-state index is 13.4. The number of nitrogens with two attached hydrogens (primary N) is 2. The average molecular weight is 401 g/mol. The molecule has 2 saturated heterocycles. The molecule has 9 heteroatoms. The monoisotopic (exact) mass is 401 g/mol. The predicted octanol–water partition coefficient (Wildman–Crippen LogP) is -1.48. The summed E-state index contributed by atoms with van der Waals surface area (Å²) in [7, 11) is 1.49. The minimum Gasteiger partial charge on any atom is -0.383 e. The number of likely N-dealkylation sites (tertiary alicyclic amines) is 1. The lowest BCUT2D eigenvalue weighted by atomic mass is 9.76. The number of fused-ring (bicyclic) bond motifs is 4. The molecule has 3 aliphatic heterocycles. The number of primary amides is 1. The average Bonchev–Trinajstić information content (AvgIpc) is 3.20. The van der Waals surface area contributed by atoms with E-state index >= 15 is 0 Å². The highest BCUT2D eigenvalue weighted by molar-refractivity contribution is 6.14. The van der Waals surface area contributed by atoms with E-state index in [0.717, 1.165) is 16.0 Å². The third kappa shape index (κ3) is 2.61. The summed E-state index contributed by atoms with van der Waals surface area (Å²) in [5.41, 5.74) is 7.35. The van der Waals surface area contributed by atoms with Crippen LogP contribution < -0.4 is 16.4 Å². The van der Waals surface area contributed by atoms with Gasteiger partial charge in [-0.25, -0.2) is 0 Å². The molecule has 154 valence electrons. The van der Waals surface area contributed by atoms with Gasteiger partial charge in [-0.3, -0.25) is 24.1 Å². The molecular formula is C20H25N4O5+. The van der Waals surface area contributed by atoms with Crippen LogP contribution in [0.1, 0.15) is 23.1 Å². The Morgan fingerprint density at radius 2 is 2.00 bits per heavy atom. The molecule has 0 unspecified atom stereocenters. The fourth-order valence-electron chi connectivity index (χ4n) is 5.30. The first-order valence-electron chi connectivity index (χ1n) is 9.64. The number of nitrogens with zero attached hydrogens (tertiary/aromatic N) is 1. The number of benzene rings is 1. The summed E-state index contributed by atoms with van der Waals surface area (Å²) in [5.74, 6) is -3.36. The van der Waals surface area contributed by atoms with Crippen molar-refractivity contribution in [1.29, 1.82) is 0 Å². The number of carbonyl (C=O) groups excluding carboxylic acids is 4. The molecular weight excluding hydrogens is 376 g/mol. The minimum atomic E-state index is -1.29. The lowest BCUT2D eigenvalue weighted by molar-refractivity contribution is -0.732. The lowest BCUT2D eigenvalue weighted by Crippen LogP contribution is -2.99. The van der Waals surface area contributed by atoms with Gasteiger partial charge in [0.1, 0.15) is 17.9 Å². The van der Waals surface area contributed by atoms with Crippen LogP contribution in [-0.2, 0) is 29.5 Å². The standard InChI is InChI=1S/C20H24N4O5/c1-9-6-10(2)16-11(7-9)20(19(28)22-16)15-14(12(23-20)8-13(21)25)17(26)24(18(15)27)4-5-29-3/h6-7,12,14-15,23H,4-5,8H2,1-3H3,(H2,21,25)(H,22,28)/p+1/t12-,14-,15+,20+/m1/s1. The number of hydrogen-bond donors (Lipinski definition) is 3. The van der Waals surface area contributed by atoms with Crippen LogP contribution in [0.2, 0.25) is 0 Å². The Labute approximate surface area is 167 Å². The zero-order chi connectivity index (χ0) is 21.1. The van der Waals surface area contributed by atoms with Gasteiger partial charge in [0.05, 0.1) is 25.3 Å². The first kappa shape index (κ1) is 19.5. The second-order valence-corrected chi connectivity index (χ2v) is 8.15. The van der Waals surface area contributed by atoms with Crippen LogP contribution in [-0.4, -0.2) is 54.8 Å². The third-order valence-corrected chi connectivity index (χ3v) is 6.37. The van der Waals surface area contributed by atoms with Gasteiger partial charge in [-0.05, 0) is 25.5 Å². The molecule has 3 aliphatic rings. The fourth-order valence-corrected chi connectivity index (χ4v) is 5.30. The van der Waals surface area contributed by atoms with Crippen molar-refractivity contribution in [1.82, 2.24) is 4.90 Å². The van der Waals surface area contributed by atoms with E-state index in [2.05, 4.69) is 5.32 Å². The van der Waals surface area contributed by atoms with Crippen LogP contribution in [0.4, 0.5) is 5.69 Å². The topological polar surface area (TPSA) is 135 Å². The molecule has 0 aliphatic carbocycles. The van der Waals surface area contributed by atoms with Crippen molar-refractivity contribution in [2.75, 3.05) is 25.6 Å². The Balaban J connectivity index is 1.87. The molecule has 0 aromatic heterocycles. The smallest absolute Gasteiger partial charge is 0.291 e. The largest absolute Gasteiger partial charge is 0.383 e. The Morgan fingerprint density at radius 1 is 1.28 bits per heavy atom. The van der Waals surface area contributed by atoms with Crippen molar-refractivity contribution in [2.45, 2.75) is 31.8 Å². The first-order chi connectivity index (χ1) is 13.7. The van der Waals surface area contributed by atoms with Gasteiger partial charge in [0.15, 0.2) is 0 Å². The van der Waals surface area contributed by atoms with Gasteiger partial charge in [-0.2, -0.15) is 0 Å². The molecule has 4 amide bonds. The second kappa shape index (κ2) is 6.64. The number of hydrogen-bond acceptors (Lipinski definition) is 5. The van der Waals surface area contributed by atoms with Crippen LogP contribution in [0.25, 0.3) is 0 Å². The van der Waals surface area contributed by atoms with E-state index < -0.39 is 35.2 Å². The van der Waals surface area contributed by atoms with E-state index in [-0.39, 0.29) is 31.4 Å². The number of quaternary nitrogens is 1. The maximum absolute atomic E-state index is 13.4. The van der Waals surface area contributed by atoms with Crippen LogP contribution in [0.15, 0.2) is 12.1 Å². The summed E-state index contributed by atoms with van der Waals surface area (Å²) in [6.45, 7) is 4.13. The molecule has 1 aromatic rings. The van der Waals surface area contributed by atoms with E-state index in [1.807, 2.05) is 26.0 Å². The molecule has 0 bridgehead atoms. The highest BCUT2D eigenvalue weighted by atomic mass is 16.5. The molecule has 9 nitrogen and oxygen atoms in total. The fraction of sp³-hybridized carbons (Fsp3) is 0.500. The van der Waals surface area contributed by atoms with E-state index in [1.165, 1.54) is 7.11 Å². The predicted molar refractivity (Wildman–Crippen MR) is 101 cm³/mol. The summed E-state index contributed by atoms with van der Waals surface area (Å²) < 4.78 is 5.03. The van der Waals surface area contributed by atoms with Crippen molar-refractivity contribution >= 4 is 29.3 Å². The SMILES string of the molecule is COCCN1C(=O)[C@H]2[C@@H](C1=O)[C@]1([NH2+][C@@H]2CC(N)=O)C(=O)Nc2c(C)cc(C)cc21. The summed E-state index contributed by atoms with van der Waals surface area (Å²) in [6.07, 6.45) is -0.0898. The molecule has 0 radical (unpaired) electrons. The zero-order valence-corrected chi connectivity index (χ0v) is 16.7. The van der Waals surface area contributed by atoms with Crippen molar-refractivity contribution < 1.29 is 29.2 Å². The van der Waals surface area contributed by atoms with E-state index in [9.17, 15) is 19.2 Å². The van der Waals surface area contributed by atoms with E-state index in [0.29, 0.717) is 11.3 Å². The van der Waals surface area contributed by atoms with Gasteiger partial charge in [0, 0.05) is 12.7 Å². The van der Waals surface area contributed by atoms with Gasteiger partial charge < -0.3 is 21.1 Å². The van der Waals surface area contributed by atoms with Crippen molar-refractivity contribution in [3.63, 3.8) is 0 Å². The lowest BCUT2D eigenvalue weighted by Gasteiger charge is -2.26. The molecule has 5 N–H and O–H groups in total. The Kier molecular flexibility index (Phi) is 4.47. The third-order valence-electron chi connectivity index (χ3n) is 6.37. The molecule has 2 fully saturated rings. The molecule has 4 rings (SSSR count). The molecule has 1 spiro atoms. The zero-order valence-electron chi connectivity index (χ0n) is 16.7. The number of amides is 4. The minimum absolute atomic E-state index is 0.0898. The summed E-state index contributed by atoms with van der Waals surface area (Å²) in [5, 5.41) is 4.63. The molecule has 1 aromatic carbocycles. The summed E-state index contributed by atoms with van der Waals surface area (Å²) in [4.78, 5) is 52.6. The number of methoxy groups -OCH3 is 1. The number of ether oxygens (including phenoxy) is 1. The van der Waals surface area contributed by atoms with Crippen LogP contribution in [0, 0.1) is 25.7 Å². The number of anilines is 1. The van der Waals surface area contributed by atoms with Crippen LogP contribution in [0.5, 0.6) is 0 Å². The van der Waals surface area contributed by atoms with E-state index in [1.54, 1.807) is 5.32 Å². The Hall–Kier alpha value is -2.78. The quantitative estimate of drug-likeness (QED) is 0.517. The summed E-state index contributed by atoms with van der Waals surface area (Å²) in [6, 6.07) is 3.26. The van der Waals surface area contributed by atoms with Crippen molar-refractivity contribution in [3.05, 3.63) is 28.8 Å². The van der Waals surface area contributed by atoms with Crippen LogP contribution >= 0.6 is 0 Å². The number of aryl methyl sites for hydroxylation is 2. The van der Waals surface area contributed by atoms with Gasteiger partial charge in [-0.15, -0.1) is 0 Å². The highest BCUT2D eigenvalue weighted by Crippen LogP contribution is 2.50. The first-order valence-corrected chi connectivity index (χ1v) is 9.64. The second-order valence-electron chi connectivity index (χ2n) is 8.15. The molecule has 3 heterocycles. The summed E-state index contributed by atoms with van der Waals surface area (Å²) >= 11 is 0. The van der Waals surface area contributed by atoms with Crippen molar-refractivity contribution in [3.8, 4) is 0 Å². The van der Waals surface area contributed by atoms with Gasteiger partial charge >= 0.3 is 0 Å². The van der Waals surface area contributed by atoms with E-state index in [4.69, 9.17) is 10.5 Å².